The van der Waals surface area contributed by atoms with Crippen molar-refractivity contribution in [2.75, 3.05) is 18.6 Å². The quantitative estimate of drug-likeness (QED) is 0.806. The van der Waals surface area contributed by atoms with Crippen LogP contribution in [0.3, 0.4) is 0 Å². The molecule has 3 nitrogen and oxygen atoms in total. The van der Waals surface area contributed by atoms with Gasteiger partial charge in [0.2, 0.25) is 0 Å². The monoisotopic (exact) mass is 323 g/mol. The van der Waals surface area contributed by atoms with E-state index in [0.717, 1.165) is 12.1 Å². The zero-order valence-electron chi connectivity index (χ0n) is 11.4. The third-order valence-electron chi connectivity index (χ3n) is 3.00. The summed E-state index contributed by atoms with van der Waals surface area (Å²) in [4.78, 5) is 2.05. The van der Waals surface area contributed by atoms with Crippen molar-refractivity contribution in [3.8, 4) is 0 Å². The fourth-order valence-electron chi connectivity index (χ4n) is 2.01. The molecule has 1 aromatic rings. The highest BCUT2D eigenvalue weighted by Crippen LogP contribution is 2.26. The largest absolute Gasteiger partial charge is 0.296 e. The van der Waals surface area contributed by atoms with E-state index in [-0.39, 0.29) is 11.8 Å². The Balaban J connectivity index is 2.88. The van der Waals surface area contributed by atoms with Crippen molar-refractivity contribution in [3.63, 3.8) is 0 Å². The number of rotatable bonds is 6. The van der Waals surface area contributed by atoms with Crippen molar-refractivity contribution in [1.29, 1.82) is 0 Å². The Labute approximate surface area is 125 Å². The summed E-state index contributed by atoms with van der Waals surface area (Å²) >= 11 is 12.3. The van der Waals surface area contributed by atoms with Crippen LogP contribution in [0.4, 0.5) is 0 Å². The molecule has 1 unspecified atom stereocenters. The average Bonchev–Trinajstić information content (AvgIpc) is 2.26. The minimum Gasteiger partial charge on any atom is -0.296 e. The van der Waals surface area contributed by atoms with Crippen molar-refractivity contribution in [3.05, 3.63) is 33.8 Å². The van der Waals surface area contributed by atoms with Crippen molar-refractivity contribution in [2.24, 2.45) is 0 Å². The van der Waals surface area contributed by atoms with Crippen LogP contribution in [0, 0.1) is 0 Å². The Morgan fingerprint density at radius 1 is 1.26 bits per heavy atom. The van der Waals surface area contributed by atoms with Gasteiger partial charge in [-0.05, 0) is 25.6 Å². The Hall–Kier alpha value is -0.290. The summed E-state index contributed by atoms with van der Waals surface area (Å²) in [6.07, 6.45) is 1.25. The fraction of sp³-hybridized carbons (Fsp3) is 0.538. The molecule has 0 bridgehead atoms. The molecule has 0 aliphatic rings. The first-order valence-electron chi connectivity index (χ1n) is 6.09. The van der Waals surface area contributed by atoms with Gasteiger partial charge in [-0.1, -0.05) is 36.2 Å². The lowest BCUT2D eigenvalue weighted by Gasteiger charge is -2.28. The van der Waals surface area contributed by atoms with Crippen LogP contribution < -0.4 is 0 Å². The van der Waals surface area contributed by atoms with Gasteiger partial charge in [0.15, 0.2) is 0 Å². The van der Waals surface area contributed by atoms with Crippen LogP contribution in [0.2, 0.25) is 10.0 Å². The highest BCUT2D eigenvalue weighted by molar-refractivity contribution is 7.90. The zero-order chi connectivity index (χ0) is 14.6. The summed E-state index contributed by atoms with van der Waals surface area (Å²) in [6.45, 7) is 5.17. The fourth-order valence-corrected chi connectivity index (χ4v) is 3.61. The van der Waals surface area contributed by atoms with Crippen molar-refractivity contribution < 1.29 is 8.42 Å². The van der Waals surface area contributed by atoms with E-state index >= 15 is 0 Å². The second-order valence-corrected chi connectivity index (χ2v) is 7.70. The molecule has 0 aliphatic carbocycles. The normalized spacial score (nSPS) is 13.8. The van der Waals surface area contributed by atoms with Gasteiger partial charge in [0.1, 0.15) is 9.84 Å². The first-order valence-corrected chi connectivity index (χ1v) is 8.91. The Morgan fingerprint density at radius 3 is 2.21 bits per heavy atom. The van der Waals surface area contributed by atoms with Crippen LogP contribution >= 0.6 is 23.2 Å². The van der Waals surface area contributed by atoms with E-state index in [1.165, 1.54) is 6.26 Å². The highest BCUT2D eigenvalue weighted by atomic mass is 35.5. The molecule has 1 aromatic carbocycles. The second kappa shape index (κ2) is 6.93. The lowest BCUT2D eigenvalue weighted by atomic mass is 10.2. The summed E-state index contributed by atoms with van der Waals surface area (Å²) in [7, 11) is -3.00. The van der Waals surface area contributed by atoms with Crippen LogP contribution in [0.1, 0.15) is 19.4 Å². The van der Waals surface area contributed by atoms with E-state index in [4.69, 9.17) is 23.2 Å². The molecule has 19 heavy (non-hydrogen) atoms. The van der Waals surface area contributed by atoms with Crippen molar-refractivity contribution in [2.45, 2.75) is 26.4 Å². The van der Waals surface area contributed by atoms with E-state index in [9.17, 15) is 8.42 Å². The molecule has 0 N–H and O–H groups in total. The summed E-state index contributed by atoms with van der Waals surface area (Å²) in [6, 6.07) is 5.30. The molecule has 0 heterocycles. The second-order valence-electron chi connectivity index (χ2n) is 4.70. The molecule has 6 heteroatoms. The first kappa shape index (κ1) is 16.8. The van der Waals surface area contributed by atoms with Crippen LogP contribution in [0.15, 0.2) is 18.2 Å². The molecular formula is C13H19Cl2NO2S. The predicted molar refractivity (Wildman–Crippen MR) is 81.7 cm³/mol. The summed E-state index contributed by atoms with van der Waals surface area (Å²) in [5.41, 5.74) is 0.841. The summed E-state index contributed by atoms with van der Waals surface area (Å²) in [5, 5.41) is 1.22. The third kappa shape index (κ3) is 5.30. The maximum atomic E-state index is 11.4. The van der Waals surface area contributed by atoms with Crippen LogP contribution in [0.5, 0.6) is 0 Å². The molecular weight excluding hydrogens is 305 g/mol. The SMILES string of the molecule is CCN(Cc1c(Cl)cccc1Cl)C(C)CS(C)(=O)=O. The van der Waals surface area contributed by atoms with E-state index in [0.29, 0.717) is 16.6 Å². The van der Waals surface area contributed by atoms with Crippen LogP contribution in [-0.4, -0.2) is 37.9 Å². The molecule has 108 valence electrons. The van der Waals surface area contributed by atoms with Gasteiger partial charge in [-0.15, -0.1) is 0 Å². The average molecular weight is 324 g/mol. The molecule has 0 saturated carbocycles. The molecule has 0 aromatic heterocycles. The topological polar surface area (TPSA) is 37.4 Å². The number of benzene rings is 1. The van der Waals surface area contributed by atoms with Gasteiger partial charge in [-0.2, -0.15) is 0 Å². The lowest BCUT2D eigenvalue weighted by Crippen LogP contribution is -2.37. The molecule has 0 spiro atoms. The number of hydrogen-bond donors (Lipinski definition) is 0. The highest BCUT2D eigenvalue weighted by Gasteiger charge is 2.19. The van der Waals surface area contributed by atoms with Gasteiger partial charge >= 0.3 is 0 Å². The lowest BCUT2D eigenvalue weighted by molar-refractivity contribution is 0.226. The molecule has 1 atom stereocenters. The first-order chi connectivity index (χ1) is 8.74. The van der Waals surface area contributed by atoms with Crippen LogP contribution in [0.25, 0.3) is 0 Å². The van der Waals surface area contributed by atoms with Gasteiger partial charge in [0, 0.05) is 34.5 Å². The maximum Gasteiger partial charge on any atom is 0.148 e. The molecule has 0 aliphatic heterocycles. The van der Waals surface area contributed by atoms with E-state index in [1.54, 1.807) is 18.2 Å². The van der Waals surface area contributed by atoms with E-state index in [2.05, 4.69) is 0 Å². The van der Waals surface area contributed by atoms with Gasteiger partial charge < -0.3 is 0 Å². The van der Waals surface area contributed by atoms with Gasteiger partial charge in [0.25, 0.3) is 0 Å². The maximum absolute atomic E-state index is 11.4. The minimum absolute atomic E-state index is 0.0765. The van der Waals surface area contributed by atoms with Gasteiger partial charge in [-0.3, -0.25) is 4.90 Å². The smallest absolute Gasteiger partial charge is 0.148 e. The Morgan fingerprint density at radius 2 is 1.79 bits per heavy atom. The van der Waals surface area contributed by atoms with Crippen molar-refractivity contribution >= 4 is 33.0 Å². The molecule has 0 amide bonds. The van der Waals surface area contributed by atoms with Gasteiger partial charge in [0.05, 0.1) is 5.75 Å². The number of nitrogens with zero attached hydrogens (tertiary/aromatic N) is 1. The number of sulfone groups is 1. The Kier molecular flexibility index (Phi) is 6.12. The standard InChI is InChI=1S/C13H19Cl2NO2S/c1-4-16(10(2)9-19(3,17)18)8-11-12(14)6-5-7-13(11)15/h5-7,10H,4,8-9H2,1-3H3. The minimum atomic E-state index is -3.00. The molecule has 0 fully saturated rings. The van der Waals surface area contributed by atoms with Crippen LogP contribution in [-0.2, 0) is 16.4 Å². The Bertz CT molecular complexity index is 511. The number of halogens is 2. The number of hydrogen-bond acceptors (Lipinski definition) is 3. The van der Waals surface area contributed by atoms with E-state index < -0.39 is 9.84 Å². The van der Waals surface area contributed by atoms with E-state index in [1.807, 2.05) is 18.7 Å². The third-order valence-corrected chi connectivity index (χ3v) is 4.79. The summed E-state index contributed by atoms with van der Waals surface area (Å²) in [5.74, 6) is 0.128. The predicted octanol–water partition coefficient (Wildman–Crippen LogP) is 3.25. The molecule has 0 radical (unpaired) electrons. The zero-order valence-corrected chi connectivity index (χ0v) is 13.7. The molecule has 1 rings (SSSR count). The summed E-state index contributed by atoms with van der Waals surface area (Å²) < 4.78 is 22.7. The van der Waals surface area contributed by atoms with Crippen molar-refractivity contribution in [1.82, 2.24) is 4.90 Å². The molecule has 0 saturated heterocycles. The van der Waals surface area contributed by atoms with Gasteiger partial charge in [-0.25, -0.2) is 8.42 Å².